The van der Waals surface area contributed by atoms with Crippen molar-refractivity contribution in [1.82, 2.24) is 0 Å². The topological polar surface area (TPSA) is 59.1 Å². The quantitative estimate of drug-likeness (QED) is 0.790. The molecule has 0 bridgehead atoms. The van der Waals surface area contributed by atoms with Crippen molar-refractivity contribution >= 4 is 5.71 Å². The van der Waals surface area contributed by atoms with Gasteiger partial charge in [0.05, 0.1) is 6.61 Å². The third-order valence-corrected chi connectivity index (χ3v) is 3.26. The Balaban J connectivity index is 2.21. The van der Waals surface area contributed by atoms with E-state index in [0.717, 1.165) is 16.9 Å². The molecule has 2 rings (SSSR count). The van der Waals surface area contributed by atoms with Gasteiger partial charge in [-0.2, -0.15) is 0 Å². The molecule has 104 valence electrons. The van der Waals surface area contributed by atoms with Crippen molar-refractivity contribution < 1.29 is 4.74 Å². The summed E-state index contributed by atoms with van der Waals surface area (Å²) in [6.45, 7) is 3.03. The van der Waals surface area contributed by atoms with Crippen molar-refractivity contribution in [3.63, 3.8) is 0 Å². The predicted octanol–water partition coefficient (Wildman–Crippen LogP) is 3.20. The molecule has 0 aromatic heterocycles. The fraction of sp³-hybridized carbons (Fsp3) is 0.235. The highest BCUT2D eigenvalue weighted by atomic mass is 16.5. The van der Waals surface area contributed by atoms with Crippen molar-refractivity contribution in [1.29, 1.82) is 5.41 Å². The summed E-state index contributed by atoms with van der Waals surface area (Å²) in [6.07, 6.45) is 0. The normalized spacial score (nSPS) is 11.9. The zero-order valence-corrected chi connectivity index (χ0v) is 11.7. The van der Waals surface area contributed by atoms with Crippen LogP contribution in [-0.4, -0.2) is 18.9 Å². The van der Waals surface area contributed by atoms with E-state index in [4.69, 9.17) is 15.9 Å². The molecule has 2 aromatic rings. The molecule has 0 aliphatic rings. The molecular weight excluding hydrogens is 248 g/mol. The van der Waals surface area contributed by atoms with Crippen LogP contribution in [0.3, 0.4) is 0 Å². The molecule has 0 fully saturated rings. The summed E-state index contributed by atoms with van der Waals surface area (Å²) in [5.74, 6) is 0.756. The Hall–Kier alpha value is -2.13. The first-order valence-corrected chi connectivity index (χ1v) is 6.83. The van der Waals surface area contributed by atoms with Crippen molar-refractivity contribution in [2.24, 2.45) is 5.73 Å². The second-order valence-electron chi connectivity index (χ2n) is 4.57. The van der Waals surface area contributed by atoms with Crippen LogP contribution in [0.2, 0.25) is 0 Å². The minimum Gasteiger partial charge on any atom is -0.494 e. The lowest BCUT2D eigenvalue weighted by Crippen LogP contribution is -2.21. The van der Waals surface area contributed by atoms with Crippen LogP contribution < -0.4 is 10.5 Å². The fourth-order valence-electron chi connectivity index (χ4n) is 2.20. The van der Waals surface area contributed by atoms with Gasteiger partial charge < -0.3 is 15.9 Å². The van der Waals surface area contributed by atoms with E-state index in [1.165, 1.54) is 0 Å². The Morgan fingerprint density at radius 2 is 1.75 bits per heavy atom. The lowest BCUT2D eigenvalue weighted by molar-refractivity contribution is 0.340. The molecule has 1 unspecified atom stereocenters. The number of hydrogen-bond donors (Lipinski definition) is 2. The lowest BCUT2D eigenvalue weighted by atomic mass is 9.90. The lowest BCUT2D eigenvalue weighted by Gasteiger charge is -2.17. The third-order valence-electron chi connectivity index (χ3n) is 3.26. The number of benzene rings is 2. The van der Waals surface area contributed by atoms with Crippen LogP contribution in [0.25, 0.3) is 0 Å². The largest absolute Gasteiger partial charge is 0.494 e. The Bertz CT molecular complexity index is 549. The smallest absolute Gasteiger partial charge is 0.119 e. The minimum absolute atomic E-state index is 0.0897. The number of hydrogen-bond acceptors (Lipinski definition) is 3. The van der Waals surface area contributed by atoms with E-state index in [2.05, 4.69) is 0 Å². The molecule has 0 saturated heterocycles. The molecule has 3 heteroatoms. The molecule has 0 aliphatic carbocycles. The fourth-order valence-corrected chi connectivity index (χ4v) is 2.20. The van der Waals surface area contributed by atoms with Gasteiger partial charge in [-0.05, 0) is 30.2 Å². The second-order valence-corrected chi connectivity index (χ2v) is 4.57. The Morgan fingerprint density at radius 3 is 2.30 bits per heavy atom. The zero-order valence-electron chi connectivity index (χ0n) is 11.7. The first kappa shape index (κ1) is 14.3. The molecule has 3 N–H and O–H groups in total. The molecule has 1 atom stereocenters. The highest BCUT2D eigenvalue weighted by Crippen LogP contribution is 2.22. The van der Waals surface area contributed by atoms with Gasteiger partial charge in [0.25, 0.3) is 0 Å². The molecular formula is C17H20N2O. The van der Waals surface area contributed by atoms with Gasteiger partial charge in [0.2, 0.25) is 0 Å². The summed E-state index contributed by atoms with van der Waals surface area (Å²) >= 11 is 0. The number of nitrogens with one attached hydrogen (secondary N) is 1. The molecule has 0 spiro atoms. The van der Waals surface area contributed by atoms with Crippen LogP contribution in [-0.2, 0) is 0 Å². The van der Waals surface area contributed by atoms with Gasteiger partial charge in [0, 0.05) is 18.2 Å². The average Bonchev–Trinajstić information content (AvgIpc) is 2.51. The van der Waals surface area contributed by atoms with Gasteiger partial charge in [-0.15, -0.1) is 0 Å². The van der Waals surface area contributed by atoms with Crippen LogP contribution >= 0.6 is 0 Å². The van der Waals surface area contributed by atoms with Crippen LogP contribution in [0, 0.1) is 5.41 Å². The summed E-state index contributed by atoms with van der Waals surface area (Å²) in [5.41, 5.74) is 8.38. The SMILES string of the molecule is CCOc1ccc(C(CN)C(=N)c2ccccc2)cc1. The molecule has 2 aromatic carbocycles. The van der Waals surface area contributed by atoms with Gasteiger partial charge in [-0.3, -0.25) is 0 Å². The second kappa shape index (κ2) is 6.87. The van der Waals surface area contributed by atoms with Crippen molar-refractivity contribution in [3.05, 3.63) is 65.7 Å². The van der Waals surface area contributed by atoms with Crippen LogP contribution in [0.4, 0.5) is 0 Å². The van der Waals surface area contributed by atoms with Gasteiger partial charge in [0.15, 0.2) is 0 Å². The maximum Gasteiger partial charge on any atom is 0.119 e. The van der Waals surface area contributed by atoms with Gasteiger partial charge in [-0.1, -0.05) is 42.5 Å². The molecule has 20 heavy (non-hydrogen) atoms. The van der Waals surface area contributed by atoms with Gasteiger partial charge in [0.1, 0.15) is 5.75 Å². The van der Waals surface area contributed by atoms with Gasteiger partial charge >= 0.3 is 0 Å². The highest BCUT2D eigenvalue weighted by Gasteiger charge is 2.16. The first-order chi connectivity index (χ1) is 9.76. The number of rotatable bonds is 6. The maximum atomic E-state index is 8.35. The molecule has 0 amide bonds. The van der Waals surface area contributed by atoms with E-state index in [9.17, 15) is 0 Å². The molecule has 0 aliphatic heterocycles. The van der Waals surface area contributed by atoms with E-state index in [-0.39, 0.29) is 5.92 Å². The summed E-state index contributed by atoms with van der Waals surface area (Å²) in [4.78, 5) is 0. The van der Waals surface area contributed by atoms with E-state index < -0.39 is 0 Å². The molecule has 0 heterocycles. The molecule has 3 nitrogen and oxygen atoms in total. The minimum atomic E-state index is -0.0897. The average molecular weight is 268 g/mol. The number of ether oxygens (including phenoxy) is 1. The van der Waals surface area contributed by atoms with Crippen LogP contribution in [0.15, 0.2) is 54.6 Å². The van der Waals surface area contributed by atoms with Crippen molar-refractivity contribution in [3.8, 4) is 5.75 Å². The Kier molecular flexibility index (Phi) is 4.91. The standard InChI is InChI=1S/C17H20N2O/c1-2-20-15-10-8-13(9-11-15)16(12-18)17(19)14-6-4-3-5-7-14/h3-11,16,19H,2,12,18H2,1H3. The van der Waals surface area contributed by atoms with Gasteiger partial charge in [-0.25, -0.2) is 0 Å². The molecule has 0 radical (unpaired) electrons. The monoisotopic (exact) mass is 268 g/mol. The summed E-state index contributed by atoms with van der Waals surface area (Å²) in [6, 6.07) is 17.6. The Labute approximate surface area is 119 Å². The summed E-state index contributed by atoms with van der Waals surface area (Å²) in [5, 5.41) is 8.35. The Morgan fingerprint density at radius 1 is 1.10 bits per heavy atom. The molecule has 0 saturated carbocycles. The summed E-state index contributed by atoms with van der Waals surface area (Å²) < 4.78 is 5.43. The maximum absolute atomic E-state index is 8.35. The van der Waals surface area contributed by atoms with Crippen LogP contribution in [0.5, 0.6) is 5.75 Å². The third kappa shape index (κ3) is 3.25. The van der Waals surface area contributed by atoms with E-state index in [1.807, 2.05) is 61.5 Å². The van der Waals surface area contributed by atoms with E-state index in [0.29, 0.717) is 18.9 Å². The van der Waals surface area contributed by atoms with E-state index in [1.54, 1.807) is 0 Å². The first-order valence-electron chi connectivity index (χ1n) is 6.83. The predicted molar refractivity (Wildman–Crippen MR) is 82.7 cm³/mol. The van der Waals surface area contributed by atoms with Crippen molar-refractivity contribution in [2.75, 3.05) is 13.2 Å². The highest BCUT2D eigenvalue weighted by molar-refractivity contribution is 6.03. The zero-order chi connectivity index (χ0) is 14.4. The van der Waals surface area contributed by atoms with Crippen molar-refractivity contribution in [2.45, 2.75) is 12.8 Å². The van der Waals surface area contributed by atoms with Crippen LogP contribution in [0.1, 0.15) is 24.0 Å². The number of nitrogens with two attached hydrogens (primary N) is 1. The van der Waals surface area contributed by atoms with E-state index >= 15 is 0 Å². The summed E-state index contributed by atoms with van der Waals surface area (Å²) in [7, 11) is 0.